The van der Waals surface area contributed by atoms with Crippen molar-refractivity contribution in [1.29, 1.82) is 0 Å². The molecule has 4 aromatic rings. The fourth-order valence-corrected chi connectivity index (χ4v) is 4.77. The van der Waals surface area contributed by atoms with E-state index in [0.29, 0.717) is 28.7 Å². The van der Waals surface area contributed by atoms with Crippen molar-refractivity contribution < 1.29 is 14.0 Å². The molecule has 0 spiro atoms. The number of fused-ring (bicyclic) bond motifs is 1. The highest BCUT2D eigenvalue weighted by molar-refractivity contribution is 6.30. The fraction of sp³-hybridized carbons (Fsp3) is 0.214. The number of nitrogens with zero attached hydrogens (tertiary/aromatic N) is 2. The Kier molecular flexibility index (Phi) is 5.99. The van der Waals surface area contributed by atoms with Gasteiger partial charge in [-0.1, -0.05) is 42.8 Å². The van der Waals surface area contributed by atoms with E-state index in [1.165, 1.54) is 0 Å². The van der Waals surface area contributed by atoms with Crippen LogP contribution in [0.3, 0.4) is 0 Å². The Morgan fingerprint density at radius 1 is 1.03 bits per heavy atom. The predicted molar refractivity (Wildman–Crippen MR) is 136 cm³/mol. The summed E-state index contributed by atoms with van der Waals surface area (Å²) in [6, 6.07) is 22.5. The second-order valence-electron chi connectivity index (χ2n) is 8.91. The average Bonchev–Trinajstić information content (AvgIpc) is 3.53. The Hall–Kier alpha value is -3.77. The molecule has 0 bridgehead atoms. The van der Waals surface area contributed by atoms with E-state index < -0.39 is 5.54 Å². The number of hydrogen-bond acceptors (Lipinski definition) is 3. The number of amides is 2. The van der Waals surface area contributed by atoms with Crippen LogP contribution in [0.2, 0.25) is 5.02 Å². The molecule has 1 N–H and O–H groups in total. The lowest BCUT2D eigenvalue weighted by Gasteiger charge is -2.44. The van der Waals surface area contributed by atoms with Crippen LogP contribution >= 0.6 is 11.6 Å². The van der Waals surface area contributed by atoms with Crippen molar-refractivity contribution in [3.63, 3.8) is 0 Å². The van der Waals surface area contributed by atoms with Crippen molar-refractivity contribution >= 4 is 29.1 Å². The van der Waals surface area contributed by atoms with Crippen LogP contribution in [0.4, 0.5) is 5.69 Å². The quantitative estimate of drug-likeness (QED) is 0.379. The van der Waals surface area contributed by atoms with Gasteiger partial charge in [0.2, 0.25) is 5.91 Å². The van der Waals surface area contributed by atoms with E-state index in [-0.39, 0.29) is 18.4 Å². The number of furan rings is 1. The zero-order valence-corrected chi connectivity index (χ0v) is 20.4. The predicted octanol–water partition coefficient (Wildman–Crippen LogP) is 5.70. The Morgan fingerprint density at radius 2 is 1.80 bits per heavy atom. The SMILES string of the molecule is CCc1cccc(N2C(=O)c3ccc(-c4ccco4)n3C[C@]2(C)C(=O)NCc2ccc(Cl)cc2)c1. The van der Waals surface area contributed by atoms with Crippen LogP contribution in [0.5, 0.6) is 0 Å². The average molecular weight is 488 g/mol. The molecule has 0 fully saturated rings. The highest BCUT2D eigenvalue weighted by atomic mass is 35.5. The van der Waals surface area contributed by atoms with Crippen LogP contribution in [0.15, 0.2) is 83.5 Å². The topological polar surface area (TPSA) is 67.5 Å². The van der Waals surface area contributed by atoms with Gasteiger partial charge in [-0.15, -0.1) is 0 Å². The normalized spacial score (nSPS) is 17.3. The van der Waals surface area contributed by atoms with Gasteiger partial charge in [-0.05, 0) is 73.0 Å². The lowest BCUT2D eigenvalue weighted by Crippen LogP contribution is -2.64. The maximum Gasteiger partial charge on any atom is 0.275 e. The maximum absolute atomic E-state index is 13.9. The number of carbonyl (C=O) groups is 2. The first-order chi connectivity index (χ1) is 16.9. The number of nitrogens with one attached hydrogen (secondary N) is 1. The number of rotatable bonds is 6. The highest BCUT2D eigenvalue weighted by Crippen LogP contribution is 2.36. The molecule has 0 saturated carbocycles. The molecule has 178 valence electrons. The zero-order chi connectivity index (χ0) is 24.6. The summed E-state index contributed by atoms with van der Waals surface area (Å²) < 4.78 is 7.49. The van der Waals surface area contributed by atoms with Gasteiger partial charge in [-0.3, -0.25) is 14.5 Å². The van der Waals surface area contributed by atoms with Gasteiger partial charge in [0.25, 0.3) is 5.91 Å². The molecule has 1 atom stereocenters. The lowest BCUT2D eigenvalue weighted by molar-refractivity contribution is -0.126. The number of aromatic nitrogens is 1. The molecule has 5 rings (SSSR count). The minimum atomic E-state index is -1.18. The summed E-state index contributed by atoms with van der Waals surface area (Å²) in [5.74, 6) is 0.174. The molecule has 2 aromatic carbocycles. The van der Waals surface area contributed by atoms with Crippen molar-refractivity contribution in [3.05, 3.63) is 101 Å². The smallest absolute Gasteiger partial charge is 0.275 e. The summed E-state index contributed by atoms with van der Waals surface area (Å²) in [6.07, 6.45) is 2.43. The van der Waals surface area contributed by atoms with E-state index >= 15 is 0 Å². The molecule has 35 heavy (non-hydrogen) atoms. The van der Waals surface area contributed by atoms with Gasteiger partial charge in [0.05, 0.1) is 18.5 Å². The Balaban J connectivity index is 1.56. The first-order valence-electron chi connectivity index (χ1n) is 11.6. The number of carbonyl (C=O) groups excluding carboxylic acids is 2. The number of hydrogen-bond donors (Lipinski definition) is 1. The molecule has 0 radical (unpaired) electrons. The summed E-state index contributed by atoms with van der Waals surface area (Å²) in [4.78, 5) is 29.3. The third-order valence-corrected chi connectivity index (χ3v) is 6.82. The van der Waals surface area contributed by atoms with Crippen LogP contribution in [0, 0.1) is 0 Å². The van der Waals surface area contributed by atoms with Crippen molar-refractivity contribution in [1.82, 2.24) is 9.88 Å². The van der Waals surface area contributed by atoms with Gasteiger partial charge >= 0.3 is 0 Å². The van der Waals surface area contributed by atoms with E-state index in [2.05, 4.69) is 12.2 Å². The number of anilines is 1. The van der Waals surface area contributed by atoms with Crippen molar-refractivity contribution in [2.24, 2.45) is 0 Å². The van der Waals surface area contributed by atoms with E-state index in [0.717, 1.165) is 23.2 Å². The molecule has 3 heterocycles. The monoisotopic (exact) mass is 487 g/mol. The van der Waals surface area contributed by atoms with Gasteiger partial charge in [0.15, 0.2) is 0 Å². The molecular weight excluding hydrogens is 462 g/mol. The summed E-state index contributed by atoms with van der Waals surface area (Å²) >= 11 is 6.00. The first-order valence-corrected chi connectivity index (χ1v) is 12.0. The molecule has 7 heteroatoms. The van der Waals surface area contributed by atoms with E-state index in [1.807, 2.05) is 60.0 Å². The standard InChI is InChI=1S/C28H26ClN3O3/c1-3-19-6-4-7-22(16-19)32-26(33)24-14-13-23(25-8-5-15-35-25)31(24)18-28(32,2)27(34)30-17-20-9-11-21(29)12-10-20/h4-16H,3,17-18H2,1-2H3,(H,30,34)/t28-/m1/s1. The first kappa shape index (κ1) is 23.0. The number of benzene rings is 2. The van der Waals surface area contributed by atoms with Gasteiger partial charge in [0, 0.05) is 17.3 Å². The third-order valence-electron chi connectivity index (χ3n) is 6.57. The third kappa shape index (κ3) is 4.15. The van der Waals surface area contributed by atoms with Gasteiger partial charge < -0.3 is 14.3 Å². The van der Waals surface area contributed by atoms with Gasteiger partial charge in [-0.25, -0.2) is 0 Å². The summed E-state index contributed by atoms with van der Waals surface area (Å²) in [5, 5.41) is 3.68. The number of aryl methyl sites for hydroxylation is 1. The van der Waals surface area contributed by atoms with Crippen LogP contribution in [0.1, 0.15) is 35.5 Å². The van der Waals surface area contributed by atoms with Gasteiger partial charge in [0.1, 0.15) is 17.0 Å². The van der Waals surface area contributed by atoms with Crippen molar-refractivity contribution in [2.75, 3.05) is 4.90 Å². The Bertz CT molecular complexity index is 1370. The van der Waals surface area contributed by atoms with E-state index in [9.17, 15) is 9.59 Å². The van der Waals surface area contributed by atoms with Crippen LogP contribution < -0.4 is 10.2 Å². The Labute approximate surface area is 209 Å². The van der Waals surface area contributed by atoms with E-state index in [1.54, 1.807) is 35.4 Å². The molecule has 0 unspecified atom stereocenters. The van der Waals surface area contributed by atoms with Gasteiger partial charge in [-0.2, -0.15) is 0 Å². The second-order valence-corrected chi connectivity index (χ2v) is 9.35. The van der Waals surface area contributed by atoms with Crippen molar-refractivity contribution in [3.8, 4) is 11.5 Å². The molecule has 0 saturated heterocycles. The summed E-state index contributed by atoms with van der Waals surface area (Å²) in [7, 11) is 0. The van der Waals surface area contributed by atoms with Crippen LogP contribution in [0.25, 0.3) is 11.5 Å². The fourth-order valence-electron chi connectivity index (χ4n) is 4.65. The van der Waals surface area contributed by atoms with E-state index in [4.69, 9.17) is 16.0 Å². The Morgan fingerprint density at radius 3 is 2.51 bits per heavy atom. The summed E-state index contributed by atoms with van der Waals surface area (Å²) in [6.45, 7) is 4.48. The lowest BCUT2D eigenvalue weighted by atomic mass is 9.93. The molecule has 1 aliphatic rings. The maximum atomic E-state index is 13.9. The minimum absolute atomic E-state index is 0.230. The zero-order valence-electron chi connectivity index (χ0n) is 19.6. The van der Waals surface area contributed by atoms with Crippen LogP contribution in [-0.4, -0.2) is 21.9 Å². The minimum Gasteiger partial charge on any atom is -0.463 e. The molecule has 1 aliphatic heterocycles. The molecule has 2 amide bonds. The van der Waals surface area contributed by atoms with Crippen molar-refractivity contribution in [2.45, 2.75) is 38.9 Å². The molecular formula is C28H26ClN3O3. The summed E-state index contributed by atoms with van der Waals surface area (Å²) in [5.41, 5.74) is 2.81. The molecule has 0 aliphatic carbocycles. The molecule has 2 aromatic heterocycles. The largest absolute Gasteiger partial charge is 0.463 e. The molecule has 6 nitrogen and oxygen atoms in total. The highest BCUT2D eigenvalue weighted by Gasteiger charge is 2.48. The second kappa shape index (κ2) is 9.12. The van der Waals surface area contributed by atoms with Crippen LogP contribution in [-0.2, 0) is 24.3 Å². The number of halogens is 1.